The van der Waals surface area contributed by atoms with Crippen molar-refractivity contribution in [3.05, 3.63) is 28.8 Å². The molecule has 2 fully saturated rings. The first-order valence-corrected chi connectivity index (χ1v) is 10.4. The molecule has 0 aromatic heterocycles. The Morgan fingerprint density at radius 3 is 2.71 bits per heavy atom. The first kappa shape index (κ1) is 20.8. The number of likely N-dealkylation sites (tertiary alicyclic amines) is 1. The number of carbonyl (C=O) groups excluding carboxylic acids is 1. The predicted octanol–water partition coefficient (Wildman–Crippen LogP) is 2.94. The molecule has 1 unspecified atom stereocenters. The van der Waals surface area contributed by atoms with E-state index < -0.39 is 0 Å². The minimum absolute atomic E-state index is 0.0173. The maximum atomic E-state index is 11.7. The van der Waals surface area contributed by atoms with Gasteiger partial charge in [0.05, 0.1) is 13.0 Å². The van der Waals surface area contributed by atoms with Gasteiger partial charge in [0.2, 0.25) is 0 Å². The predicted molar refractivity (Wildman–Crippen MR) is 114 cm³/mol. The average molecular weight is 407 g/mol. The number of esters is 1. The molecule has 0 saturated carbocycles. The summed E-state index contributed by atoms with van der Waals surface area (Å²) in [6.45, 7) is 6.78. The summed E-state index contributed by atoms with van der Waals surface area (Å²) in [6.07, 6.45) is 2.79. The van der Waals surface area contributed by atoms with Gasteiger partial charge in [-0.3, -0.25) is 9.79 Å². The third kappa shape index (κ3) is 4.90. The highest BCUT2D eigenvalue weighted by Crippen LogP contribution is 2.29. The number of hydrogen-bond donors (Lipinski definition) is 1. The number of methoxy groups -OCH3 is 1. The van der Waals surface area contributed by atoms with E-state index >= 15 is 0 Å². The van der Waals surface area contributed by atoms with Gasteiger partial charge in [0, 0.05) is 50.5 Å². The summed E-state index contributed by atoms with van der Waals surface area (Å²) in [5.74, 6) is 1.43. The Morgan fingerprint density at radius 2 is 2.04 bits per heavy atom. The SMILES string of the molecule is CN=C(NCC1CCN(c2cc(Cl)ccc2C)C1)N1CCC(C(=O)OC)CC1. The van der Waals surface area contributed by atoms with Gasteiger partial charge >= 0.3 is 5.97 Å². The van der Waals surface area contributed by atoms with E-state index in [0.717, 1.165) is 63.0 Å². The molecule has 0 aliphatic carbocycles. The smallest absolute Gasteiger partial charge is 0.308 e. The fraction of sp³-hybridized carbons (Fsp3) is 0.619. The third-order valence-electron chi connectivity index (χ3n) is 5.89. The lowest BCUT2D eigenvalue weighted by molar-refractivity contribution is -0.146. The second kappa shape index (κ2) is 9.50. The topological polar surface area (TPSA) is 57.2 Å². The maximum Gasteiger partial charge on any atom is 0.308 e. The molecule has 7 heteroatoms. The van der Waals surface area contributed by atoms with Crippen LogP contribution in [-0.2, 0) is 9.53 Å². The Labute approximate surface area is 172 Å². The van der Waals surface area contributed by atoms with Crippen molar-refractivity contribution in [1.82, 2.24) is 10.2 Å². The van der Waals surface area contributed by atoms with Gasteiger partial charge in [-0.15, -0.1) is 0 Å². The molecule has 3 rings (SSSR count). The summed E-state index contributed by atoms with van der Waals surface area (Å²) in [7, 11) is 3.29. The highest BCUT2D eigenvalue weighted by Gasteiger charge is 2.28. The lowest BCUT2D eigenvalue weighted by atomic mass is 9.97. The van der Waals surface area contributed by atoms with E-state index in [1.54, 1.807) is 0 Å². The number of guanidine groups is 1. The Hall–Kier alpha value is -1.95. The van der Waals surface area contributed by atoms with E-state index in [1.165, 1.54) is 18.4 Å². The number of aryl methyl sites for hydroxylation is 1. The number of ether oxygens (including phenoxy) is 1. The molecular formula is C21H31ClN4O2. The second-order valence-electron chi connectivity index (χ2n) is 7.74. The number of rotatable bonds is 4. The number of benzene rings is 1. The van der Waals surface area contributed by atoms with Crippen molar-refractivity contribution in [3.8, 4) is 0 Å². The number of piperidine rings is 1. The average Bonchev–Trinajstić information content (AvgIpc) is 3.19. The molecule has 2 heterocycles. The second-order valence-corrected chi connectivity index (χ2v) is 8.18. The molecule has 1 N–H and O–H groups in total. The number of aliphatic imine (C=N–C) groups is 1. The first-order valence-electron chi connectivity index (χ1n) is 10.1. The fourth-order valence-corrected chi connectivity index (χ4v) is 4.37. The van der Waals surface area contributed by atoms with Crippen molar-refractivity contribution < 1.29 is 9.53 Å². The monoisotopic (exact) mass is 406 g/mol. The number of nitrogens with zero attached hydrogens (tertiary/aromatic N) is 3. The van der Waals surface area contributed by atoms with Crippen molar-refractivity contribution in [2.45, 2.75) is 26.2 Å². The van der Waals surface area contributed by atoms with Crippen LogP contribution in [-0.4, -0.2) is 63.7 Å². The molecule has 2 aliphatic rings. The molecule has 0 amide bonds. The van der Waals surface area contributed by atoms with Crippen LogP contribution in [0.1, 0.15) is 24.8 Å². The van der Waals surface area contributed by atoms with E-state index in [2.05, 4.69) is 39.2 Å². The van der Waals surface area contributed by atoms with Gasteiger partial charge in [0.1, 0.15) is 0 Å². The minimum atomic E-state index is -0.0926. The van der Waals surface area contributed by atoms with Crippen LogP contribution in [0, 0.1) is 18.8 Å². The van der Waals surface area contributed by atoms with E-state index in [1.807, 2.05) is 13.1 Å². The number of carbonyl (C=O) groups is 1. The van der Waals surface area contributed by atoms with Crippen LogP contribution in [0.15, 0.2) is 23.2 Å². The Kier molecular flexibility index (Phi) is 7.05. The largest absolute Gasteiger partial charge is 0.469 e. The Balaban J connectivity index is 1.49. The molecule has 2 aliphatic heterocycles. The van der Waals surface area contributed by atoms with Gasteiger partial charge in [-0.25, -0.2) is 0 Å². The third-order valence-corrected chi connectivity index (χ3v) is 6.12. The first-order chi connectivity index (χ1) is 13.5. The molecular weight excluding hydrogens is 376 g/mol. The molecule has 6 nitrogen and oxygen atoms in total. The normalized spacial score (nSPS) is 21.1. The van der Waals surface area contributed by atoms with E-state index in [0.29, 0.717) is 5.92 Å². The number of anilines is 1. The molecule has 0 spiro atoms. The highest BCUT2D eigenvalue weighted by atomic mass is 35.5. The van der Waals surface area contributed by atoms with Gasteiger partial charge in [-0.2, -0.15) is 0 Å². The van der Waals surface area contributed by atoms with E-state index in [4.69, 9.17) is 16.3 Å². The molecule has 1 aromatic carbocycles. The van der Waals surface area contributed by atoms with Gasteiger partial charge in [0.15, 0.2) is 5.96 Å². The molecule has 154 valence electrons. The van der Waals surface area contributed by atoms with Crippen LogP contribution in [0.5, 0.6) is 0 Å². The molecule has 1 atom stereocenters. The fourth-order valence-electron chi connectivity index (χ4n) is 4.20. The van der Waals surface area contributed by atoms with Crippen LogP contribution in [0.4, 0.5) is 5.69 Å². The van der Waals surface area contributed by atoms with Crippen molar-refractivity contribution in [3.63, 3.8) is 0 Å². The zero-order valence-electron chi connectivity index (χ0n) is 17.1. The van der Waals surface area contributed by atoms with E-state index in [9.17, 15) is 4.79 Å². The summed E-state index contributed by atoms with van der Waals surface area (Å²) in [4.78, 5) is 20.8. The van der Waals surface area contributed by atoms with Gasteiger partial charge in [0.25, 0.3) is 0 Å². The molecule has 28 heavy (non-hydrogen) atoms. The molecule has 2 saturated heterocycles. The Morgan fingerprint density at radius 1 is 1.29 bits per heavy atom. The summed E-state index contributed by atoms with van der Waals surface area (Å²) in [5, 5.41) is 4.33. The van der Waals surface area contributed by atoms with Crippen LogP contribution >= 0.6 is 11.6 Å². The number of nitrogens with one attached hydrogen (secondary N) is 1. The summed E-state index contributed by atoms with van der Waals surface area (Å²) < 4.78 is 4.87. The van der Waals surface area contributed by atoms with Crippen LogP contribution in [0.2, 0.25) is 5.02 Å². The molecule has 0 bridgehead atoms. The van der Waals surface area contributed by atoms with Crippen molar-refractivity contribution >= 4 is 29.2 Å². The lowest BCUT2D eigenvalue weighted by Crippen LogP contribution is -2.47. The van der Waals surface area contributed by atoms with E-state index in [-0.39, 0.29) is 11.9 Å². The number of halogens is 1. The van der Waals surface area contributed by atoms with Crippen LogP contribution < -0.4 is 10.2 Å². The standard InChI is InChI=1S/C21H31ClN4O2/c1-15-4-5-18(22)12-19(15)26-9-6-16(14-26)13-24-21(23-2)25-10-7-17(8-11-25)20(27)28-3/h4-5,12,16-17H,6-11,13-14H2,1-3H3,(H,23,24). The maximum absolute atomic E-state index is 11.7. The minimum Gasteiger partial charge on any atom is -0.469 e. The highest BCUT2D eigenvalue weighted by molar-refractivity contribution is 6.30. The quantitative estimate of drug-likeness (QED) is 0.473. The van der Waals surface area contributed by atoms with Crippen molar-refractivity contribution in [1.29, 1.82) is 0 Å². The summed E-state index contributed by atoms with van der Waals surface area (Å²) >= 11 is 6.19. The zero-order valence-corrected chi connectivity index (χ0v) is 17.8. The van der Waals surface area contributed by atoms with Gasteiger partial charge < -0.3 is 19.9 Å². The van der Waals surface area contributed by atoms with Crippen molar-refractivity contribution in [2.75, 3.05) is 51.8 Å². The summed E-state index contributed by atoms with van der Waals surface area (Å²) in [5.41, 5.74) is 2.51. The molecule has 1 aromatic rings. The molecule has 0 radical (unpaired) electrons. The Bertz CT molecular complexity index is 716. The van der Waals surface area contributed by atoms with Gasteiger partial charge in [-0.1, -0.05) is 17.7 Å². The lowest BCUT2D eigenvalue weighted by Gasteiger charge is -2.33. The van der Waals surface area contributed by atoms with Crippen molar-refractivity contribution in [2.24, 2.45) is 16.8 Å². The summed E-state index contributed by atoms with van der Waals surface area (Å²) in [6, 6.07) is 6.10. The zero-order chi connectivity index (χ0) is 20.1. The van der Waals surface area contributed by atoms with Crippen LogP contribution in [0.25, 0.3) is 0 Å². The van der Waals surface area contributed by atoms with Gasteiger partial charge in [-0.05, 0) is 49.8 Å². The number of hydrogen-bond acceptors (Lipinski definition) is 4. The van der Waals surface area contributed by atoms with Crippen LogP contribution in [0.3, 0.4) is 0 Å².